The summed E-state index contributed by atoms with van der Waals surface area (Å²) in [4.78, 5) is 13.9. The van der Waals surface area contributed by atoms with Crippen LogP contribution in [0.3, 0.4) is 0 Å². The topological polar surface area (TPSA) is 98.0 Å². The second-order valence-corrected chi connectivity index (χ2v) is 7.34. The molecule has 0 fully saturated rings. The van der Waals surface area contributed by atoms with E-state index >= 15 is 0 Å². The second kappa shape index (κ2) is 8.07. The van der Waals surface area contributed by atoms with E-state index in [9.17, 15) is 13.2 Å². The predicted molar refractivity (Wildman–Crippen MR) is 99.5 cm³/mol. The summed E-state index contributed by atoms with van der Waals surface area (Å²) in [6.45, 7) is 0. The summed E-state index contributed by atoms with van der Waals surface area (Å²) in [5, 5.41) is 4.16. The van der Waals surface area contributed by atoms with Crippen molar-refractivity contribution >= 4 is 33.8 Å². The highest BCUT2D eigenvalue weighted by atomic mass is 35.5. The van der Waals surface area contributed by atoms with Crippen LogP contribution in [0.15, 0.2) is 81.3 Å². The van der Waals surface area contributed by atoms with Gasteiger partial charge >= 0.3 is 5.97 Å². The molecule has 0 bridgehead atoms. The van der Waals surface area contributed by atoms with E-state index in [2.05, 4.69) is 9.93 Å². The van der Waals surface area contributed by atoms with Gasteiger partial charge in [0.1, 0.15) is 5.75 Å². The first kappa shape index (κ1) is 18.7. The van der Waals surface area contributed by atoms with Crippen LogP contribution in [0.5, 0.6) is 5.75 Å². The number of nitrogens with one attached hydrogen (secondary N) is 1. The molecule has 138 valence electrons. The Kier molecular flexibility index (Phi) is 5.58. The van der Waals surface area contributed by atoms with Gasteiger partial charge in [-0.05, 0) is 66.2 Å². The average molecular weight is 405 g/mol. The molecular weight excluding hydrogens is 392 g/mol. The van der Waals surface area contributed by atoms with E-state index in [1.807, 2.05) is 0 Å². The minimum absolute atomic E-state index is 0.0456. The molecule has 1 N–H and O–H groups in total. The second-order valence-electron chi connectivity index (χ2n) is 5.24. The highest BCUT2D eigenvalue weighted by molar-refractivity contribution is 7.89. The fraction of sp³-hybridized carbons (Fsp3) is 0. The van der Waals surface area contributed by atoms with Crippen molar-refractivity contribution in [3.05, 3.63) is 83.3 Å². The van der Waals surface area contributed by atoms with Crippen molar-refractivity contribution in [2.24, 2.45) is 5.10 Å². The normalized spacial score (nSPS) is 11.4. The van der Waals surface area contributed by atoms with Gasteiger partial charge in [-0.25, -0.2) is 9.63 Å². The molecule has 2 aromatic carbocycles. The lowest BCUT2D eigenvalue weighted by molar-refractivity contribution is 0.0701. The number of hydrazone groups is 1. The molecule has 1 heterocycles. The summed E-state index contributed by atoms with van der Waals surface area (Å²) in [5.41, 5.74) is 0.603. The zero-order valence-corrected chi connectivity index (χ0v) is 15.3. The van der Waals surface area contributed by atoms with Crippen LogP contribution in [0.2, 0.25) is 5.02 Å². The molecule has 0 saturated carbocycles. The first-order chi connectivity index (χ1) is 12.9. The average Bonchev–Trinajstić information content (AvgIpc) is 3.18. The SMILES string of the molecule is O=C(Oc1ccc(/C=N\NS(=O)(=O)c2ccc(Cl)cc2)cc1)c1ccco1. The minimum atomic E-state index is -3.78. The zero-order valence-electron chi connectivity index (χ0n) is 13.7. The van der Waals surface area contributed by atoms with Gasteiger partial charge in [0.05, 0.1) is 17.4 Å². The Morgan fingerprint density at radius 1 is 1.07 bits per heavy atom. The fourth-order valence-corrected chi connectivity index (χ4v) is 2.93. The van der Waals surface area contributed by atoms with Gasteiger partial charge in [0.15, 0.2) is 0 Å². The van der Waals surface area contributed by atoms with Gasteiger partial charge in [0.2, 0.25) is 5.76 Å². The number of ether oxygens (including phenoxy) is 1. The molecular formula is C18H13ClN2O5S. The molecule has 0 aliphatic rings. The van der Waals surface area contributed by atoms with E-state index in [0.29, 0.717) is 16.3 Å². The Morgan fingerprint density at radius 2 is 1.78 bits per heavy atom. The van der Waals surface area contributed by atoms with E-state index < -0.39 is 16.0 Å². The molecule has 0 atom stereocenters. The lowest BCUT2D eigenvalue weighted by Gasteiger charge is -2.04. The molecule has 0 aliphatic heterocycles. The van der Waals surface area contributed by atoms with Crippen LogP contribution < -0.4 is 9.57 Å². The smallest absolute Gasteiger partial charge is 0.379 e. The van der Waals surface area contributed by atoms with Gasteiger partial charge in [-0.2, -0.15) is 13.5 Å². The first-order valence-electron chi connectivity index (χ1n) is 7.60. The van der Waals surface area contributed by atoms with Crippen LogP contribution in [0.1, 0.15) is 16.1 Å². The molecule has 9 heteroatoms. The number of halogens is 1. The van der Waals surface area contributed by atoms with Gasteiger partial charge in [0.25, 0.3) is 10.0 Å². The number of carbonyl (C=O) groups is 1. The van der Waals surface area contributed by atoms with Crippen molar-refractivity contribution in [2.75, 3.05) is 0 Å². The molecule has 7 nitrogen and oxygen atoms in total. The standard InChI is InChI=1S/C18H13ClN2O5S/c19-14-5-9-16(10-6-14)27(23,24)21-20-12-13-3-7-15(8-4-13)26-18(22)17-2-1-11-25-17/h1-12,21H/b20-12-. The molecule has 1 aromatic heterocycles. The Morgan fingerprint density at radius 3 is 2.41 bits per heavy atom. The summed E-state index contributed by atoms with van der Waals surface area (Å²) < 4.78 is 34.3. The third kappa shape index (κ3) is 4.96. The van der Waals surface area contributed by atoms with Gasteiger partial charge in [-0.1, -0.05) is 11.6 Å². The Bertz CT molecular complexity index is 1040. The van der Waals surface area contributed by atoms with E-state index in [4.69, 9.17) is 20.8 Å². The van der Waals surface area contributed by atoms with Crippen molar-refractivity contribution < 1.29 is 22.4 Å². The zero-order chi connectivity index (χ0) is 19.3. The van der Waals surface area contributed by atoms with Crippen LogP contribution in [0, 0.1) is 0 Å². The van der Waals surface area contributed by atoms with Crippen LogP contribution in [-0.2, 0) is 10.0 Å². The molecule has 0 amide bonds. The number of benzene rings is 2. The van der Waals surface area contributed by atoms with E-state index in [1.54, 1.807) is 30.3 Å². The summed E-state index contributed by atoms with van der Waals surface area (Å²) in [6, 6.07) is 15.1. The van der Waals surface area contributed by atoms with Crippen molar-refractivity contribution in [1.29, 1.82) is 0 Å². The number of esters is 1. The van der Waals surface area contributed by atoms with Crippen molar-refractivity contribution in [3.8, 4) is 5.75 Å². The van der Waals surface area contributed by atoms with Crippen LogP contribution in [0.25, 0.3) is 0 Å². The van der Waals surface area contributed by atoms with Gasteiger partial charge in [-0.3, -0.25) is 0 Å². The third-order valence-electron chi connectivity index (χ3n) is 3.32. The van der Waals surface area contributed by atoms with E-state index in [1.165, 1.54) is 42.8 Å². The summed E-state index contributed by atoms with van der Waals surface area (Å²) >= 11 is 5.74. The number of hydrogen-bond donors (Lipinski definition) is 1. The van der Waals surface area contributed by atoms with E-state index in [-0.39, 0.29) is 10.7 Å². The Labute approximate surface area is 160 Å². The third-order valence-corrected chi connectivity index (χ3v) is 4.81. The quantitative estimate of drug-likeness (QED) is 0.293. The van der Waals surface area contributed by atoms with Crippen molar-refractivity contribution in [1.82, 2.24) is 4.83 Å². The van der Waals surface area contributed by atoms with Gasteiger partial charge in [0, 0.05) is 5.02 Å². The molecule has 3 aromatic rings. The molecule has 0 aliphatic carbocycles. The number of nitrogens with zero attached hydrogens (tertiary/aromatic N) is 1. The maximum atomic E-state index is 12.1. The molecule has 0 spiro atoms. The first-order valence-corrected chi connectivity index (χ1v) is 9.46. The maximum Gasteiger partial charge on any atom is 0.379 e. The summed E-state index contributed by atoms with van der Waals surface area (Å²) in [6.07, 6.45) is 2.70. The number of sulfonamides is 1. The number of furan rings is 1. The largest absolute Gasteiger partial charge is 0.457 e. The monoisotopic (exact) mass is 404 g/mol. The molecule has 27 heavy (non-hydrogen) atoms. The number of hydrogen-bond acceptors (Lipinski definition) is 6. The molecule has 0 saturated heterocycles. The molecule has 0 unspecified atom stereocenters. The predicted octanol–water partition coefficient (Wildman–Crippen LogP) is 3.46. The van der Waals surface area contributed by atoms with Crippen LogP contribution in [0.4, 0.5) is 0 Å². The summed E-state index contributed by atoms with van der Waals surface area (Å²) in [5.74, 6) is -0.204. The number of carbonyl (C=O) groups excluding carboxylic acids is 1. The maximum absolute atomic E-state index is 12.1. The molecule has 3 rings (SSSR count). The van der Waals surface area contributed by atoms with Crippen LogP contribution in [-0.4, -0.2) is 20.6 Å². The minimum Gasteiger partial charge on any atom is -0.457 e. The van der Waals surface area contributed by atoms with Crippen molar-refractivity contribution in [3.63, 3.8) is 0 Å². The van der Waals surface area contributed by atoms with Gasteiger partial charge < -0.3 is 9.15 Å². The highest BCUT2D eigenvalue weighted by Crippen LogP contribution is 2.15. The van der Waals surface area contributed by atoms with Gasteiger partial charge in [-0.15, -0.1) is 0 Å². The number of rotatable bonds is 6. The Hall–Kier alpha value is -3.10. The molecule has 0 radical (unpaired) electrons. The van der Waals surface area contributed by atoms with E-state index in [0.717, 1.165) is 0 Å². The fourth-order valence-electron chi connectivity index (χ4n) is 2.01. The highest BCUT2D eigenvalue weighted by Gasteiger charge is 2.12. The van der Waals surface area contributed by atoms with Crippen LogP contribution >= 0.6 is 11.6 Å². The summed E-state index contributed by atoms with van der Waals surface area (Å²) in [7, 11) is -3.78. The lowest BCUT2D eigenvalue weighted by Crippen LogP contribution is -2.18. The lowest BCUT2D eigenvalue weighted by atomic mass is 10.2. The Balaban J connectivity index is 1.60. The van der Waals surface area contributed by atoms with Crippen molar-refractivity contribution in [2.45, 2.75) is 4.90 Å².